The molecule has 1 unspecified atom stereocenters. The zero-order valence-corrected chi connectivity index (χ0v) is 14.7. The van der Waals surface area contributed by atoms with Gasteiger partial charge in [0.2, 0.25) is 11.5 Å². The van der Waals surface area contributed by atoms with E-state index in [1.165, 1.54) is 36.6 Å². The van der Waals surface area contributed by atoms with Crippen LogP contribution >= 0.6 is 11.3 Å². The number of nitrogens with zero attached hydrogens (tertiary/aromatic N) is 1. The summed E-state index contributed by atoms with van der Waals surface area (Å²) in [7, 11) is 0. The number of carbonyl (C=O) groups is 1. The lowest BCUT2D eigenvalue weighted by atomic mass is 9.99. The van der Waals surface area contributed by atoms with Crippen molar-refractivity contribution in [2.45, 2.75) is 38.3 Å². The largest absolute Gasteiger partial charge is 0.435 e. The van der Waals surface area contributed by atoms with Crippen LogP contribution in [0.1, 0.15) is 22.7 Å². The van der Waals surface area contributed by atoms with E-state index in [1.807, 2.05) is 0 Å². The third-order valence-electron chi connectivity index (χ3n) is 3.47. The number of nitrogens with one attached hydrogen (secondary N) is 1. The van der Waals surface area contributed by atoms with E-state index in [2.05, 4.69) is 15.0 Å². The number of hydrogen-bond donors (Lipinski definition) is 2. The second-order valence-electron chi connectivity index (χ2n) is 5.63. The fourth-order valence-electron chi connectivity index (χ4n) is 2.17. The number of aromatic nitrogens is 1. The van der Waals surface area contributed by atoms with Crippen molar-refractivity contribution in [2.24, 2.45) is 0 Å². The average Bonchev–Trinajstić information content (AvgIpc) is 2.98. The molecule has 1 atom stereocenters. The molecule has 0 aliphatic carbocycles. The molecule has 1 aromatic carbocycles. The van der Waals surface area contributed by atoms with Crippen molar-refractivity contribution in [2.75, 3.05) is 0 Å². The van der Waals surface area contributed by atoms with Crippen LogP contribution in [0, 0.1) is 6.92 Å². The van der Waals surface area contributed by atoms with E-state index < -0.39 is 35.7 Å². The summed E-state index contributed by atoms with van der Waals surface area (Å²) in [6, 6.07) is 5.35. The van der Waals surface area contributed by atoms with Crippen LogP contribution < -0.4 is 10.1 Å². The van der Waals surface area contributed by atoms with Gasteiger partial charge in [0.1, 0.15) is 10.8 Å². The van der Waals surface area contributed by atoms with Crippen LogP contribution in [0.3, 0.4) is 0 Å². The predicted molar refractivity (Wildman–Crippen MR) is 86.3 cm³/mol. The van der Waals surface area contributed by atoms with Crippen LogP contribution in [0.2, 0.25) is 0 Å². The first-order valence-corrected chi connectivity index (χ1v) is 8.41. The Balaban J connectivity index is 2.07. The van der Waals surface area contributed by atoms with Crippen molar-refractivity contribution in [1.29, 1.82) is 0 Å². The smallest absolute Gasteiger partial charge is 0.424 e. The molecular weight excluding hydrogens is 395 g/mol. The number of halogens is 5. The van der Waals surface area contributed by atoms with E-state index in [0.29, 0.717) is 16.9 Å². The highest BCUT2D eigenvalue weighted by Crippen LogP contribution is 2.42. The molecule has 0 saturated carbocycles. The van der Waals surface area contributed by atoms with Gasteiger partial charge in [0.15, 0.2) is 0 Å². The number of rotatable bonds is 7. The molecule has 0 spiro atoms. The van der Waals surface area contributed by atoms with Crippen LogP contribution in [0.4, 0.5) is 22.0 Å². The number of benzene rings is 1. The second-order valence-corrected chi connectivity index (χ2v) is 6.49. The quantitative estimate of drug-likeness (QED) is 0.686. The fourth-order valence-corrected chi connectivity index (χ4v) is 3.08. The molecule has 0 bridgehead atoms. The number of ether oxygens (including phenoxy) is 1. The molecule has 0 saturated heterocycles. The highest BCUT2D eigenvalue weighted by Gasteiger charge is 2.58. The third kappa shape index (κ3) is 5.36. The Bertz CT molecular complexity index is 796. The minimum atomic E-state index is -5.11. The highest BCUT2D eigenvalue weighted by molar-refractivity contribution is 7.09. The van der Waals surface area contributed by atoms with Crippen molar-refractivity contribution < 1.29 is 36.6 Å². The molecule has 148 valence electrons. The van der Waals surface area contributed by atoms with E-state index in [1.54, 1.807) is 0 Å². The molecule has 2 aromatic rings. The lowest BCUT2D eigenvalue weighted by molar-refractivity contribution is -0.267. The van der Waals surface area contributed by atoms with Gasteiger partial charge in [-0.3, -0.25) is 4.79 Å². The van der Waals surface area contributed by atoms with Gasteiger partial charge in [-0.05, 0) is 24.6 Å². The molecule has 0 fully saturated rings. The zero-order valence-electron chi connectivity index (χ0n) is 13.9. The fraction of sp³-hybridized carbons (Fsp3) is 0.375. The first kappa shape index (κ1) is 21.0. The first-order chi connectivity index (χ1) is 12.5. The summed E-state index contributed by atoms with van der Waals surface area (Å²) < 4.78 is 68.6. The first-order valence-electron chi connectivity index (χ1n) is 7.53. The van der Waals surface area contributed by atoms with Crippen molar-refractivity contribution in [1.82, 2.24) is 10.3 Å². The van der Waals surface area contributed by atoms with Gasteiger partial charge in [-0.1, -0.05) is 12.1 Å². The van der Waals surface area contributed by atoms with Crippen molar-refractivity contribution in [3.8, 4) is 5.75 Å². The molecule has 27 heavy (non-hydrogen) atoms. The summed E-state index contributed by atoms with van der Waals surface area (Å²) in [6.45, 7) is -1.80. The molecule has 0 radical (unpaired) electrons. The molecule has 5 nitrogen and oxygen atoms in total. The maximum Gasteiger partial charge on any atom is 0.424 e. The van der Waals surface area contributed by atoms with Gasteiger partial charge in [-0.25, -0.2) is 4.98 Å². The van der Waals surface area contributed by atoms with Crippen LogP contribution in [0.5, 0.6) is 5.75 Å². The SMILES string of the molecule is Cc1csc(C(O)(CC(=O)NCc2cccc(OC(F)F)c2)C(F)(F)F)n1. The maximum absolute atomic E-state index is 13.3. The molecule has 1 heterocycles. The number of aliphatic hydroxyl groups is 1. The molecule has 2 rings (SSSR count). The Morgan fingerprint density at radius 2 is 2.07 bits per heavy atom. The van der Waals surface area contributed by atoms with Gasteiger partial charge in [0.05, 0.1) is 6.42 Å². The topological polar surface area (TPSA) is 71.5 Å². The summed E-state index contributed by atoms with van der Waals surface area (Å²) >= 11 is 0.599. The minimum absolute atomic E-state index is 0.151. The van der Waals surface area contributed by atoms with Gasteiger partial charge >= 0.3 is 12.8 Å². The minimum Gasteiger partial charge on any atom is -0.435 e. The van der Waals surface area contributed by atoms with E-state index >= 15 is 0 Å². The van der Waals surface area contributed by atoms with Crippen molar-refractivity contribution >= 4 is 17.2 Å². The Labute approximate surface area is 154 Å². The summed E-state index contributed by atoms with van der Waals surface area (Å²) in [4.78, 5) is 15.6. The number of alkyl halides is 5. The van der Waals surface area contributed by atoms with Gasteiger partial charge in [-0.15, -0.1) is 11.3 Å². The Hall–Kier alpha value is -2.27. The van der Waals surface area contributed by atoms with Crippen LogP contribution in [-0.4, -0.2) is 28.8 Å². The Morgan fingerprint density at radius 1 is 1.37 bits per heavy atom. The van der Waals surface area contributed by atoms with Gasteiger partial charge in [-0.2, -0.15) is 22.0 Å². The van der Waals surface area contributed by atoms with Gasteiger partial charge < -0.3 is 15.2 Å². The molecule has 11 heteroatoms. The van der Waals surface area contributed by atoms with E-state index in [-0.39, 0.29) is 18.0 Å². The van der Waals surface area contributed by atoms with Gasteiger partial charge in [0, 0.05) is 17.6 Å². The number of carbonyl (C=O) groups excluding carboxylic acids is 1. The highest BCUT2D eigenvalue weighted by atomic mass is 32.1. The van der Waals surface area contributed by atoms with Crippen molar-refractivity contribution in [3.63, 3.8) is 0 Å². The van der Waals surface area contributed by atoms with Crippen LogP contribution in [0.15, 0.2) is 29.6 Å². The lowest BCUT2D eigenvalue weighted by Crippen LogP contribution is -2.46. The summed E-state index contributed by atoms with van der Waals surface area (Å²) in [5.41, 5.74) is -2.80. The van der Waals surface area contributed by atoms with Crippen molar-refractivity contribution in [3.05, 3.63) is 45.9 Å². The van der Waals surface area contributed by atoms with E-state index in [0.717, 1.165) is 0 Å². The number of amides is 1. The number of thiazole rings is 1. The summed E-state index contributed by atoms with van der Waals surface area (Å²) in [5.74, 6) is -1.23. The molecular formula is C16H15F5N2O3S. The summed E-state index contributed by atoms with van der Waals surface area (Å²) in [6.07, 6.45) is -6.39. The van der Waals surface area contributed by atoms with Crippen LogP contribution in [0.25, 0.3) is 0 Å². The Kier molecular flexibility index (Phi) is 6.37. The molecule has 0 aliphatic heterocycles. The third-order valence-corrected chi connectivity index (χ3v) is 4.58. The normalized spacial score (nSPS) is 14.1. The molecule has 1 amide bonds. The van der Waals surface area contributed by atoms with Gasteiger partial charge in [0.25, 0.3) is 0 Å². The molecule has 1 aromatic heterocycles. The number of aryl methyl sites for hydroxylation is 1. The maximum atomic E-state index is 13.3. The average molecular weight is 410 g/mol. The number of hydrogen-bond acceptors (Lipinski definition) is 5. The predicted octanol–water partition coefficient (Wildman–Crippen LogP) is 3.51. The zero-order chi connectivity index (χ0) is 20.2. The standard InChI is InChI=1S/C16H15F5N2O3S/c1-9-8-27-13(23-9)15(25,16(19,20)21)6-12(24)22-7-10-3-2-4-11(5-10)26-14(17)18/h2-5,8,14,25H,6-7H2,1H3,(H,22,24). The van der Waals surface area contributed by atoms with E-state index in [4.69, 9.17) is 0 Å². The Morgan fingerprint density at radius 3 is 2.63 bits per heavy atom. The monoisotopic (exact) mass is 410 g/mol. The van der Waals surface area contributed by atoms with Crippen LogP contribution in [-0.2, 0) is 16.9 Å². The molecule has 2 N–H and O–H groups in total. The second kappa shape index (κ2) is 8.17. The summed E-state index contributed by atoms with van der Waals surface area (Å²) in [5, 5.41) is 13.0. The lowest BCUT2D eigenvalue weighted by Gasteiger charge is -2.27. The molecule has 0 aliphatic rings. The van der Waals surface area contributed by atoms with E-state index in [9.17, 15) is 31.9 Å².